The van der Waals surface area contributed by atoms with Crippen molar-refractivity contribution in [1.29, 1.82) is 0 Å². The zero-order valence-corrected chi connectivity index (χ0v) is 7.19. The van der Waals surface area contributed by atoms with Crippen LogP contribution in [0.1, 0.15) is 27.7 Å². The molecule has 0 atom stereocenters. The Morgan fingerprint density at radius 1 is 1.20 bits per heavy atom. The van der Waals surface area contributed by atoms with Crippen molar-refractivity contribution in [2.75, 3.05) is 6.61 Å². The van der Waals surface area contributed by atoms with E-state index in [1.165, 1.54) is 0 Å². The fourth-order valence-corrected chi connectivity index (χ4v) is 1.03. The van der Waals surface area contributed by atoms with Crippen molar-refractivity contribution in [3.63, 3.8) is 0 Å². The summed E-state index contributed by atoms with van der Waals surface area (Å²) in [5, 5.41) is 8.75. The molecule has 0 amide bonds. The highest BCUT2D eigenvalue weighted by atomic mass is 19.1. The van der Waals surface area contributed by atoms with E-state index in [0.717, 1.165) is 0 Å². The Morgan fingerprint density at radius 3 is 1.50 bits per heavy atom. The van der Waals surface area contributed by atoms with E-state index in [2.05, 4.69) is 0 Å². The molecule has 0 heterocycles. The molecule has 0 unspecified atom stereocenters. The molecule has 0 fully saturated rings. The minimum atomic E-state index is -1.40. The summed E-state index contributed by atoms with van der Waals surface area (Å²) in [6, 6.07) is 0. The second kappa shape index (κ2) is 3.33. The Balaban J connectivity index is 4.23. The van der Waals surface area contributed by atoms with Crippen LogP contribution in [-0.2, 0) is 0 Å². The summed E-state index contributed by atoms with van der Waals surface area (Å²) in [5.41, 5.74) is -1.40. The molecule has 0 spiro atoms. The molecule has 0 aliphatic heterocycles. The molecule has 0 radical (unpaired) electrons. The Hall–Kier alpha value is -0.110. The summed E-state index contributed by atoms with van der Waals surface area (Å²) < 4.78 is 13.5. The third-order valence-electron chi connectivity index (χ3n) is 2.16. The minimum absolute atomic E-state index is 0.113. The van der Waals surface area contributed by atoms with Crippen molar-refractivity contribution in [2.45, 2.75) is 33.4 Å². The van der Waals surface area contributed by atoms with E-state index in [4.69, 9.17) is 5.11 Å². The number of halogens is 1. The first-order valence-corrected chi connectivity index (χ1v) is 3.75. The van der Waals surface area contributed by atoms with Crippen LogP contribution in [-0.4, -0.2) is 17.4 Å². The predicted octanol–water partition coefficient (Wildman–Crippen LogP) is 2.00. The van der Waals surface area contributed by atoms with Gasteiger partial charge >= 0.3 is 0 Å². The first-order chi connectivity index (χ1) is 4.45. The fourth-order valence-electron chi connectivity index (χ4n) is 1.03. The van der Waals surface area contributed by atoms with E-state index in [9.17, 15) is 4.39 Å². The molecule has 0 aromatic heterocycles. The van der Waals surface area contributed by atoms with E-state index in [-0.39, 0.29) is 18.4 Å². The van der Waals surface area contributed by atoms with Gasteiger partial charge in [0.1, 0.15) is 5.67 Å². The van der Waals surface area contributed by atoms with Gasteiger partial charge in [-0.2, -0.15) is 0 Å². The van der Waals surface area contributed by atoms with Gasteiger partial charge in [0.25, 0.3) is 0 Å². The molecular formula is C8H17FO. The fraction of sp³-hybridized carbons (Fsp3) is 1.00. The molecule has 0 bridgehead atoms. The van der Waals surface area contributed by atoms with Crippen molar-refractivity contribution in [2.24, 2.45) is 11.8 Å². The van der Waals surface area contributed by atoms with Gasteiger partial charge in [-0.15, -0.1) is 0 Å². The summed E-state index contributed by atoms with van der Waals surface area (Å²) >= 11 is 0. The van der Waals surface area contributed by atoms with Gasteiger partial charge in [0.05, 0.1) is 6.61 Å². The molecule has 10 heavy (non-hydrogen) atoms. The highest BCUT2D eigenvalue weighted by Gasteiger charge is 2.36. The second-order valence-electron chi connectivity index (χ2n) is 3.39. The summed E-state index contributed by atoms with van der Waals surface area (Å²) in [6.07, 6.45) is 0. The van der Waals surface area contributed by atoms with E-state index in [1.807, 2.05) is 0 Å². The van der Waals surface area contributed by atoms with Crippen LogP contribution in [0.15, 0.2) is 0 Å². The van der Waals surface area contributed by atoms with Crippen LogP contribution >= 0.6 is 0 Å². The third kappa shape index (κ3) is 1.69. The Morgan fingerprint density at radius 2 is 1.50 bits per heavy atom. The van der Waals surface area contributed by atoms with Crippen LogP contribution in [0.5, 0.6) is 0 Å². The molecular weight excluding hydrogens is 131 g/mol. The lowest BCUT2D eigenvalue weighted by Gasteiger charge is -2.30. The van der Waals surface area contributed by atoms with Crippen LogP contribution in [0.3, 0.4) is 0 Å². The lowest BCUT2D eigenvalue weighted by atomic mass is 9.83. The van der Waals surface area contributed by atoms with E-state index in [1.54, 1.807) is 27.7 Å². The van der Waals surface area contributed by atoms with Crippen LogP contribution in [0.4, 0.5) is 4.39 Å². The first kappa shape index (κ1) is 9.89. The predicted molar refractivity (Wildman–Crippen MR) is 40.6 cm³/mol. The molecule has 62 valence electrons. The van der Waals surface area contributed by atoms with Gasteiger partial charge in [0.2, 0.25) is 0 Å². The molecule has 0 saturated heterocycles. The van der Waals surface area contributed by atoms with Crippen LogP contribution in [0.25, 0.3) is 0 Å². The first-order valence-electron chi connectivity index (χ1n) is 3.75. The number of aliphatic hydroxyl groups excluding tert-OH is 1. The summed E-state index contributed by atoms with van der Waals surface area (Å²) in [5.74, 6) is -0.227. The Labute approximate surface area is 62.3 Å². The van der Waals surface area contributed by atoms with Crippen molar-refractivity contribution in [1.82, 2.24) is 0 Å². The Kier molecular flexibility index (Phi) is 3.29. The van der Waals surface area contributed by atoms with Crippen molar-refractivity contribution < 1.29 is 9.50 Å². The van der Waals surface area contributed by atoms with Crippen LogP contribution < -0.4 is 0 Å². The van der Waals surface area contributed by atoms with Gasteiger partial charge in [-0.25, -0.2) is 4.39 Å². The van der Waals surface area contributed by atoms with E-state index < -0.39 is 5.67 Å². The third-order valence-corrected chi connectivity index (χ3v) is 2.16. The molecule has 0 aliphatic rings. The lowest BCUT2D eigenvalue weighted by Crippen LogP contribution is -2.39. The quantitative estimate of drug-likeness (QED) is 0.649. The van der Waals surface area contributed by atoms with Gasteiger partial charge in [0, 0.05) is 0 Å². The average molecular weight is 148 g/mol. The highest BCUT2D eigenvalue weighted by Crippen LogP contribution is 2.29. The SMILES string of the molecule is CC(C)C(F)(CO)C(C)C. The highest BCUT2D eigenvalue weighted by molar-refractivity contribution is 4.84. The summed E-state index contributed by atoms with van der Waals surface area (Å²) in [7, 11) is 0. The van der Waals surface area contributed by atoms with E-state index >= 15 is 0 Å². The molecule has 1 N–H and O–H groups in total. The summed E-state index contributed by atoms with van der Waals surface area (Å²) in [6.45, 7) is 6.78. The Bertz CT molecular complexity index is 91.4. The largest absolute Gasteiger partial charge is 0.393 e. The summed E-state index contributed by atoms with van der Waals surface area (Å²) in [4.78, 5) is 0. The van der Waals surface area contributed by atoms with Gasteiger partial charge in [-0.05, 0) is 11.8 Å². The van der Waals surface area contributed by atoms with Gasteiger partial charge in [-0.1, -0.05) is 27.7 Å². The molecule has 0 saturated carbocycles. The van der Waals surface area contributed by atoms with E-state index in [0.29, 0.717) is 0 Å². The van der Waals surface area contributed by atoms with Crippen molar-refractivity contribution in [3.8, 4) is 0 Å². The maximum Gasteiger partial charge on any atom is 0.138 e. The van der Waals surface area contributed by atoms with Gasteiger partial charge in [0.15, 0.2) is 0 Å². The second-order valence-corrected chi connectivity index (χ2v) is 3.39. The zero-order chi connectivity index (χ0) is 8.36. The maximum absolute atomic E-state index is 13.5. The van der Waals surface area contributed by atoms with Crippen LogP contribution in [0, 0.1) is 11.8 Å². The number of hydrogen-bond acceptors (Lipinski definition) is 1. The van der Waals surface area contributed by atoms with Gasteiger partial charge in [-0.3, -0.25) is 0 Å². The minimum Gasteiger partial charge on any atom is -0.393 e. The number of aliphatic hydroxyl groups is 1. The molecule has 1 nitrogen and oxygen atoms in total. The molecule has 0 aliphatic carbocycles. The molecule has 0 aromatic carbocycles. The molecule has 0 rings (SSSR count). The maximum atomic E-state index is 13.5. The molecule has 0 aromatic rings. The van der Waals surface area contributed by atoms with Gasteiger partial charge < -0.3 is 5.11 Å². The number of alkyl halides is 1. The van der Waals surface area contributed by atoms with Crippen molar-refractivity contribution >= 4 is 0 Å². The average Bonchev–Trinajstić information content (AvgIpc) is 1.85. The topological polar surface area (TPSA) is 20.2 Å². The normalized spacial score (nSPS) is 13.2. The lowest BCUT2D eigenvalue weighted by molar-refractivity contribution is -0.0109. The standard InChI is InChI=1S/C8H17FO/c1-6(2)8(9,5-10)7(3)4/h6-7,10H,5H2,1-4H3. The zero-order valence-electron chi connectivity index (χ0n) is 7.19. The van der Waals surface area contributed by atoms with Crippen LogP contribution in [0.2, 0.25) is 0 Å². The molecule has 2 heteroatoms. The van der Waals surface area contributed by atoms with Crippen molar-refractivity contribution in [3.05, 3.63) is 0 Å². The number of hydrogen-bond donors (Lipinski definition) is 1. The smallest absolute Gasteiger partial charge is 0.138 e. The number of rotatable bonds is 3. The monoisotopic (exact) mass is 148 g/mol.